The molecule has 0 saturated carbocycles. The molecule has 0 saturated heterocycles. The van der Waals surface area contributed by atoms with Crippen LogP contribution in [0, 0.1) is 0 Å². The summed E-state index contributed by atoms with van der Waals surface area (Å²) in [6, 6.07) is 3.62. The fourth-order valence-corrected chi connectivity index (χ4v) is 2.60. The molecule has 0 fully saturated rings. The fraction of sp³-hybridized carbons (Fsp3) is 0.538. The molecule has 19 heavy (non-hydrogen) atoms. The van der Waals surface area contributed by atoms with Gasteiger partial charge in [0.25, 0.3) is 0 Å². The Morgan fingerprint density at radius 2 is 2.32 bits per heavy atom. The number of carbonyl (C=O) groups is 1. The van der Waals surface area contributed by atoms with E-state index in [4.69, 9.17) is 11.6 Å². The topological polar surface area (TPSA) is 62.2 Å². The van der Waals surface area contributed by atoms with E-state index in [1.807, 2.05) is 13.0 Å². The molecular weight excluding hydrogens is 284 g/mol. The maximum atomic E-state index is 11.3. The standard InChI is InChI=1S/C13H19ClN2O2S/c1-3-7-16-13(2,12(17)18)6-8-19-11-5-4-10(14)9-15-11/h4-5,9,16H,3,6-8H2,1-2H3,(H,17,18). The molecule has 0 aliphatic heterocycles. The molecule has 0 amide bonds. The summed E-state index contributed by atoms with van der Waals surface area (Å²) in [5, 5.41) is 13.8. The van der Waals surface area contributed by atoms with Crippen LogP contribution >= 0.6 is 23.4 Å². The van der Waals surface area contributed by atoms with Crippen LogP contribution in [0.15, 0.2) is 23.4 Å². The first-order chi connectivity index (χ1) is 8.98. The van der Waals surface area contributed by atoms with Crippen LogP contribution in [0.5, 0.6) is 0 Å². The molecule has 1 aromatic rings. The molecule has 0 aliphatic carbocycles. The van der Waals surface area contributed by atoms with Crippen molar-refractivity contribution in [2.45, 2.75) is 37.3 Å². The zero-order valence-electron chi connectivity index (χ0n) is 11.1. The minimum Gasteiger partial charge on any atom is -0.480 e. The van der Waals surface area contributed by atoms with Crippen molar-refractivity contribution in [1.29, 1.82) is 0 Å². The van der Waals surface area contributed by atoms with Gasteiger partial charge in [0.15, 0.2) is 0 Å². The van der Waals surface area contributed by atoms with Gasteiger partial charge in [-0.15, -0.1) is 11.8 Å². The van der Waals surface area contributed by atoms with Crippen LogP contribution in [0.3, 0.4) is 0 Å². The average molecular weight is 303 g/mol. The third-order valence-corrected chi connectivity index (χ3v) is 3.96. The van der Waals surface area contributed by atoms with Gasteiger partial charge in [-0.3, -0.25) is 4.79 Å². The number of hydrogen-bond acceptors (Lipinski definition) is 4. The van der Waals surface area contributed by atoms with Crippen molar-refractivity contribution in [3.05, 3.63) is 23.4 Å². The third kappa shape index (κ3) is 5.38. The van der Waals surface area contributed by atoms with Crippen LogP contribution in [0.2, 0.25) is 5.02 Å². The molecule has 4 nitrogen and oxygen atoms in total. The SMILES string of the molecule is CCCNC(C)(CCSc1ccc(Cl)cn1)C(=O)O. The average Bonchev–Trinajstić information content (AvgIpc) is 2.38. The van der Waals surface area contributed by atoms with Crippen LogP contribution in [-0.2, 0) is 4.79 Å². The Kier molecular flexibility index (Phi) is 6.62. The van der Waals surface area contributed by atoms with E-state index < -0.39 is 11.5 Å². The Labute approximate surface area is 123 Å². The monoisotopic (exact) mass is 302 g/mol. The van der Waals surface area contributed by atoms with Crippen molar-refractivity contribution < 1.29 is 9.90 Å². The number of pyridine rings is 1. The second-order valence-electron chi connectivity index (χ2n) is 4.48. The van der Waals surface area contributed by atoms with E-state index in [9.17, 15) is 9.90 Å². The lowest BCUT2D eigenvalue weighted by Gasteiger charge is -2.25. The number of carboxylic acid groups (broad SMARTS) is 1. The highest BCUT2D eigenvalue weighted by molar-refractivity contribution is 7.99. The summed E-state index contributed by atoms with van der Waals surface area (Å²) in [6.07, 6.45) is 3.04. The minimum atomic E-state index is -0.880. The molecule has 0 aromatic carbocycles. The zero-order valence-corrected chi connectivity index (χ0v) is 12.7. The molecule has 1 aromatic heterocycles. The van der Waals surface area contributed by atoms with Crippen LogP contribution < -0.4 is 5.32 Å². The van der Waals surface area contributed by atoms with Crippen LogP contribution in [0.25, 0.3) is 0 Å². The number of nitrogens with one attached hydrogen (secondary N) is 1. The van der Waals surface area contributed by atoms with Crippen LogP contribution in [-0.4, -0.2) is 33.9 Å². The molecule has 1 heterocycles. The summed E-state index contributed by atoms with van der Waals surface area (Å²) >= 11 is 7.29. The van der Waals surface area contributed by atoms with Gasteiger partial charge in [-0.25, -0.2) is 4.98 Å². The number of halogens is 1. The molecule has 106 valence electrons. The van der Waals surface area contributed by atoms with Crippen LogP contribution in [0.1, 0.15) is 26.7 Å². The lowest BCUT2D eigenvalue weighted by Crippen LogP contribution is -2.50. The number of aromatic nitrogens is 1. The van der Waals surface area contributed by atoms with Crippen molar-refractivity contribution in [3.63, 3.8) is 0 Å². The quantitative estimate of drug-likeness (QED) is 0.723. The van der Waals surface area contributed by atoms with Crippen molar-refractivity contribution >= 4 is 29.3 Å². The number of rotatable bonds is 8. The van der Waals surface area contributed by atoms with E-state index in [0.717, 1.165) is 11.4 Å². The lowest BCUT2D eigenvalue weighted by atomic mass is 9.99. The van der Waals surface area contributed by atoms with Crippen molar-refractivity contribution in [2.24, 2.45) is 0 Å². The van der Waals surface area contributed by atoms with Crippen molar-refractivity contribution in [1.82, 2.24) is 10.3 Å². The molecule has 0 bridgehead atoms. The van der Waals surface area contributed by atoms with E-state index >= 15 is 0 Å². The molecule has 0 spiro atoms. The van der Waals surface area contributed by atoms with E-state index in [1.54, 1.807) is 19.2 Å². The number of nitrogens with zero attached hydrogens (tertiary/aromatic N) is 1. The highest BCUT2D eigenvalue weighted by atomic mass is 35.5. The number of thioether (sulfide) groups is 1. The maximum Gasteiger partial charge on any atom is 0.323 e. The number of hydrogen-bond donors (Lipinski definition) is 2. The van der Waals surface area contributed by atoms with Gasteiger partial charge in [0.2, 0.25) is 0 Å². The lowest BCUT2D eigenvalue weighted by molar-refractivity contribution is -0.144. The molecule has 1 atom stereocenters. The Bertz CT molecular complexity index is 414. The number of carboxylic acids is 1. The first kappa shape index (κ1) is 16.3. The van der Waals surface area contributed by atoms with Gasteiger partial charge in [0.05, 0.1) is 10.0 Å². The summed E-state index contributed by atoms with van der Waals surface area (Å²) in [7, 11) is 0. The molecule has 0 aliphatic rings. The second-order valence-corrected chi connectivity index (χ2v) is 6.03. The second kappa shape index (κ2) is 7.72. The minimum absolute atomic E-state index is 0.539. The number of aliphatic carboxylic acids is 1. The normalized spacial score (nSPS) is 14.1. The van der Waals surface area contributed by atoms with Gasteiger partial charge >= 0.3 is 5.97 Å². The van der Waals surface area contributed by atoms with Gasteiger partial charge in [-0.05, 0) is 38.4 Å². The molecule has 1 rings (SSSR count). The van der Waals surface area contributed by atoms with E-state index in [2.05, 4.69) is 10.3 Å². The van der Waals surface area contributed by atoms with Gasteiger partial charge in [0.1, 0.15) is 5.54 Å². The van der Waals surface area contributed by atoms with Gasteiger partial charge in [-0.2, -0.15) is 0 Å². The van der Waals surface area contributed by atoms with Gasteiger partial charge < -0.3 is 10.4 Å². The molecule has 1 unspecified atom stereocenters. The van der Waals surface area contributed by atoms with Gasteiger partial charge in [-0.1, -0.05) is 18.5 Å². The van der Waals surface area contributed by atoms with E-state index in [1.165, 1.54) is 11.8 Å². The molecule has 2 N–H and O–H groups in total. The predicted octanol–water partition coefficient (Wildman–Crippen LogP) is 3.06. The fourth-order valence-electron chi connectivity index (χ4n) is 1.48. The highest BCUT2D eigenvalue weighted by Gasteiger charge is 2.31. The summed E-state index contributed by atoms with van der Waals surface area (Å²) in [5.74, 6) is -0.126. The Morgan fingerprint density at radius 1 is 1.58 bits per heavy atom. The zero-order chi connectivity index (χ0) is 14.3. The van der Waals surface area contributed by atoms with Crippen molar-refractivity contribution in [3.8, 4) is 0 Å². The summed E-state index contributed by atoms with van der Waals surface area (Å²) in [5.41, 5.74) is -0.880. The summed E-state index contributed by atoms with van der Waals surface area (Å²) in [4.78, 5) is 15.5. The molecular formula is C13H19ClN2O2S. The van der Waals surface area contributed by atoms with Gasteiger partial charge in [0, 0.05) is 11.9 Å². The first-order valence-corrected chi connectivity index (χ1v) is 7.57. The van der Waals surface area contributed by atoms with E-state index in [-0.39, 0.29) is 0 Å². The Morgan fingerprint density at radius 3 is 2.84 bits per heavy atom. The summed E-state index contributed by atoms with van der Waals surface area (Å²) < 4.78 is 0. The van der Waals surface area contributed by atoms with Crippen LogP contribution in [0.4, 0.5) is 0 Å². The predicted molar refractivity (Wildman–Crippen MR) is 78.9 cm³/mol. The first-order valence-electron chi connectivity index (χ1n) is 6.20. The Balaban J connectivity index is 2.48. The molecule has 6 heteroatoms. The third-order valence-electron chi connectivity index (χ3n) is 2.79. The molecule has 0 radical (unpaired) electrons. The van der Waals surface area contributed by atoms with Crippen molar-refractivity contribution in [2.75, 3.05) is 12.3 Å². The largest absolute Gasteiger partial charge is 0.480 e. The highest BCUT2D eigenvalue weighted by Crippen LogP contribution is 2.21. The summed E-state index contributed by atoms with van der Waals surface area (Å²) in [6.45, 7) is 4.44. The van der Waals surface area contributed by atoms with E-state index in [0.29, 0.717) is 23.7 Å². The maximum absolute atomic E-state index is 11.3. The smallest absolute Gasteiger partial charge is 0.323 e. The Hall–Kier alpha value is -0.780.